The average Bonchev–Trinajstić information content (AvgIpc) is 2.53. The summed E-state index contributed by atoms with van der Waals surface area (Å²) in [5.41, 5.74) is 9.20. The lowest BCUT2D eigenvalue weighted by atomic mass is 9.91. The summed E-state index contributed by atoms with van der Waals surface area (Å²) in [5, 5.41) is 0. The summed E-state index contributed by atoms with van der Waals surface area (Å²) in [6, 6.07) is 22.2. The van der Waals surface area contributed by atoms with Gasteiger partial charge in [-0.15, -0.1) is 0 Å². The van der Waals surface area contributed by atoms with Gasteiger partial charge in [-0.2, -0.15) is 0 Å². The lowest BCUT2D eigenvalue weighted by molar-refractivity contribution is 0.120. The minimum Gasteiger partial charge on any atom is -0.326 e. The first kappa shape index (κ1) is 14.3. The van der Waals surface area contributed by atoms with E-state index in [1.807, 2.05) is 0 Å². The van der Waals surface area contributed by atoms with Crippen LogP contribution in [0.2, 0.25) is 0 Å². The van der Waals surface area contributed by atoms with Gasteiger partial charge in [0.2, 0.25) is 0 Å². The molecular weight excluding hydrogens is 256 g/mol. The van der Waals surface area contributed by atoms with E-state index in [1.54, 1.807) is 0 Å². The van der Waals surface area contributed by atoms with Gasteiger partial charge in [-0.25, -0.2) is 0 Å². The molecule has 0 aliphatic carbocycles. The quantitative estimate of drug-likeness (QED) is 0.931. The molecule has 2 atom stereocenters. The minimum atomic E-state index is 0.280. The molecule has 2 N–H and O–H groups in total. The summed E-state index contributed by atoms with van der Waals surface area (Å²) in [7, 11) is 0. The largest absolute Gasteiger partial charge is 0.326 e. The van der Waals surface area contributed by atoms with Crippen LogP contribution in [-0.4, -0.2) is 23.5 Å². The molecule has 2 heteroatoms. The molecule has 0 bridgehead atoms. The first-order chi connectivity index (χ1) is 10.3. The maximum Gasteiger partial charge on any atom is 0.0291 e. The third-order valence-electron chi connectivity index (χ3n) is 4.46. The second-order valence-corrected chi connectivity index (χ2v) is 6.02. The van der Waals surface area contributed by atoms with Gasteiger partial charge >= 0.3 is 0 Å². The average molecular weight is 280 g/mol. The predicted molar refractivity (Wildman–Crippen MR) is 88.0 cm³/mol. The first-order valence-corrected chi connectivity index (χ1v) is 7.90. The molecule has 1 aliphatic heterocycles. The lowest BCUT2D eigenvalue weighted by Gasteiger charge is -2.40. The van der Waals surface area contributed by atoms with Crippen molar-refractivity contribution in [2.75, 3.05) is 6.54 Å². The molecule has 1 heterocycles. The van der Waals surface area contributed by atoms with Crippen LogP contribution in [0, 0.1) is 0 Å². The van der Waals surface area contributed by atoms with E-state index in [0.717, 1.165) is 25.9 Å². The van der Waals surface area contributed by atoms with Gasteiger partial charge in [-0.1, -0.05) is 60.7 Å². The van der Waals surface area contributed by atoms with Crippen molar-refractivity contribution in [2.45, 2.75) is 37.9 Å². The monoisotopic (exact) mass is 280 g/mol. The molecule has 21 heavy (non-hydrogen) atoms. The summed E-state index contributed by atoms with van der Waals surface area (Å²) < 4.78 is 0. The van der Waals surface area contributed by atoms with E-state index in [-0.39, 0.29) is 6.04 Å². The van der Waals surface area contributed by atoms with Crippen LogP contribution in [0.25, 0.3) is 0 Å². The molecule has 0 amide bonds. The number of nitrogens with two attached hydrogens (primary N) is 1. The Hall–Kier alpha value is -1.64. The number of benzene rings is 2. The summed E-state index contributed by atoms with van der Waals surface area (Å²) in [4.78, 5) is 2.57. The van der Waals surface area contributed by atoms with Crippen molar-refractivity contribution in [3.05, 3.63) is 71.8 Å². The number of hydrogen-bond acceptors (Lipinski definition) is 2. The Labute approximate surface area is 127 Å². The fourth-order valence-electron chi connectivity index (χ4n) is 3.31. The van der Waals surface area contributed by atoms with Crippen LogP contribution < -0.4 is 5.73 Å². The Morgan fingerprint density at radius 2 is 1.52 bits per heavy atom. The van der Waals surface area contributed by atoms with Gasteiger partial charge in [0.15, 0.2) is 0 Å². The number of rotatable bonds is 4. The highest BCUT2D eigenvalue weighted by atomic mass is 15.2. The Morgan fingerprint density at radius 3 is 2.19 bits per heavy atom. The Kier molecular flexibility index (Phi) is 4.69. The van der Waals surface area contributed by atoms with Crippen LogP contribution in [0.3, 0.4) is 0 Å². The molecule has 2 aromatic carbocycles. The van der Waals surface area contributed by atoms with Crippen LogP contribution in [-0.2, 0) is 13.0 Å². The van der Waals surface area contributed by atoms with Crippen molar-refractivity contribution in [3.63, 3.8) is 0 Å². The highest BCUT2D eigenvalue weighted by molar-refractivity contribution is 5.18. The van der Waals surface area contributed by atoms with Crippen LogP contribution >= 0.6 is 0 Å². The van der Waals surface area contributed by atoms with Gasteiger partial charge in [0.05, 0.1) is 0 Å². The molecule has 1 saturated heterocycles. The zero-order valence-electron chi connectivity index (χ0n) is 12.5. The Morgan fingerprint density at radius 1 is 0.905 bits per heavy atom. The van der Waals surface area contributed by atoms with Crippen LogP contribution in [0.4, 0.5) is 0 Å². The van der Waals surface area contributed by atoms with E-state index in [9.17, 15) is 0 Å². The molecule has 0 spiro atoms. The lowest BCUT2D eigenvalue weighted by Crippen LogP contribution is -2.52. The van der Waals surface area contributed by atoms with E-state index in [4.69, 9.17) is 5.73 Å². The highest BCUT2D eigenvalue weighted by Gasteiger charge is 2.28. The van der Waals surface area contributed by atoms with Crippen molar-refractivity contribution >= 4 is 0 Å². The number of likely N-dealkylation sites (tertiary alicyclic amines) is 1. The smallest absolute Gasteiger partial charge is 0.0291 e. The number of hydrogen-bond donors (Lipinski definition) is 1. The number of nitrogens with zero attached hydrogens (tertiary/aromatic N) is 1. The topological polar surface area (TPSA) is 29.3 Å². The van der Waals surface area contributed by atoms with E-state index < -0.39 is 0 Å². The van der Waals surface area contributed by atoms with Crippen molar-refractivity contribution < 1.29 is 0 Å². The molecule has 3 rings (SSSR count). The van der Waals surface area contributed by atoms with Crippen molar-refractivity contribution in [1.29, 1.82) is 0 Å². The fraction of sp³-hybridized carbons (Fsp3) is 0.368. The van der Waals surface area contributed by atoms with Gasteiger partial charge in [0, 0.05) is 18.6 Å². The normalized spacial score (nSPS) is 23.1. The van der Waals surface area contributed by atoms with Gasteiger partial charge in [0.1, 0.15) is 0 Å². The third kappa shape index (κ3) is 3.72. The van der Waals surface area contributed by atoms with Crippen LogP contribution in [0.1, 0.15) is 24.0 Å². The van der Waals surface area contributed by atoms with Crippen LogP contribution in [0.15, 0.2) is 60.7 Å². The summed E-state index contributed by atoms with van der Waals surface area (Å²) in [6.45, 7) is 2.16. The third-order valence-corrected chi connectivity index (χ3v) is 4.46. The molecular formula is C19H24N2. The summed E-state index contributed by atoms with van der Waals surface area (Å²) in [6.07, 6.45) is 3.40. The Balaban J connectivity index is 1.73. The molecule has 0 radical (unpaired) electrons. The standard InChI is InChI=1S/C19H24N2/c20-18-12-7-13-21(15-17-10-5-2-6-11-17)19(18)14-16-8-3-1-4-9-16/h1-6,8-11,18-19H,7,12-15,20H2. The molecule has 110 valence electrons. The molecule has 1 aliphatic rings. The van der Waals surface area contributed by atoms with E-state index >= 15 is 0 Å². The molecule has 2 aromatic rings. The van der Waals surface area contributed by atoms with Gasteiger partial charge in [-0.05, 0) is 36.9 Å². The molecule has 0 saturated carbocycles. The zero-order valence-corrected chi connectivity index (χ0v) is 12.5. The SMILES string of the molecule is NC1CCCN(Cc2ccccc2)C1Cc1ccccc1. The predicted octanol–water partition coefficient (Wildman–Crippen LogP) is 3.22. The Bertz CT molecular complexity index is 538. The summed E-state index contributed by atoms with van der Waals surface area (Å²) in [5.74, 6) is 0. The van der Waals surface area contributed by atoms with Gasteiger partial charge < -0.3 is 5.73 Å². The molecule has 2 unspecified atom stereocenters. The second-order valence-electron chi connectivity index (χ2n) is 6.02. The minimum absolute atomic E-state index is 0.280. The van der Waals surface area contributed by atoms with E-state index in [0.29, 0.717) is 6.04 Å². The van der Waals surface area contributed by atoms with E-state index in [2.05, 4.69) is 65.6 Å². The summed E-state index contributed by atoms with van der Waals surface area (Å²) >= 11 is 0. The van der Waals surface area contributed by atoms with Crippen molar-refractivity contribution in [2.24, 2.45) is 5.73 Å². The molecule has 1 fully saturated rings. The number of piperidine rings is 1. The highest BCUT2D eigenvalue weighted by Crippen LogP contribution is 2.22. The molecule has 0 aromatic heterocycles. The maximum atomic E-state index is 6.43. The zero-order chi connectivity index (χ0) is 14.5. The van der Waals surface area contributed by atoms with Gasteiger partial charge in [0.25, 0.3) is 0 Å². The molecule has 2 nitrogen and oxygen atoms in total. The maximum absolute atomic E-state index is 6.43. The first-order valence-electron chi connectivity index (χ1n) is 7.90. The van der Waals surface area contributed by atoms with Crippen molar-refractivity contribution in [3.8, 4) is 0 Å². The van der Waals surface area contributed by atoms with Crippen LogP contribution in [0.5, 0.6) is 0 Å². The second kappa shape index (κ2) is 6.88. The van der Waals surface area contributed by atoms with E-state index in [1.165, 1.54) is 17.5 Å². The van der Waals surface area contributed by atoms with Gasteiger partial charge in [-0.3, -0.25) is 4.90 Å². The van der Waals surface area contributed by atoms with Crippen molar-refractivity contribution in [1.82, 2.24) is 4.90 Å². The fourth-order valence-corrected chi connectivity index (χ4v) is 3.31.